The predicted octanol–water partition coefficient (Wildman–Crippen LogP) is 9.41. The zero-order valence-corrected chi connectivity index (χ0v) is 25.3. The van der Waals surface area contributed by atoms with Crippen LogP contribution in [0.1, 0.15) is 168 Å². The molecule has 0 aromatic heterocycles. The number of hydrogen-bond acceptors (Lipinski definition) is 5. The highest BCUT2D eigenvalue weighted by Crippen LogP contribution is 2.14. The molecule has 0 radical (unpaired) electrons. The lowest BCUT2D eigenvalue weighted by atomic mass is 10.1. The summed E-state index contributed by atoms with van der Waals surface area (Å²) in [5.74, 6) is -0.257. The van der Waals surface area contributed by atoms with Crippen LogP contribution in [0.15, 0.2) is 0 Å². The smallest absolute Gasteiger partial charge is 0.404 e. The number of amides is 1. The van der Waals surface area contributed by atoms with E-state index < -0.39 is 12.2 Å². The molecule has 226 valence electrons. The third-order valence-electron chi connectivity index (χ3n) is 7.14. The minimum absolute atomic E-state index is 0.0578. The van der Waals surface area contributed by atoms with Gasteiger partial charge in [-0.25, -0.2) is 4.79 Å². The second-order valence-electron chi connectivity index (χ2n) is 11.0. The van der Waals surface area contributed by atoms with Crippen molar-refractivity contribution in [3.63, 3.8) is 0 Å². The van der Waals surface area contributed by atoms with Crippen molar-refractivity contribution < 1.29 is 23.8 Å². The lowest BCUT2D eigenvalue weighted by molar-refractivity contribution is -0.154. The highest BCUT2D eigenvalue weighted by molar-refractivity contribution is 5.69. The molecule has 0 saturated heterocycles. The summed E-state index contributed by atoms with van der Waals surface area (Å²) in [5.41, 5.74) is 5.09. The number of nitrogens with two attached hydrogens (primary N) is 1. The van der Waals surface area contributed by atoms with E-state index in [-0.39, 0.29) is 19.2 Å². The summed E-state index contributed by atoms with van der Waals surface area (Å²) < 4.78 is 16.1. The molecule has 0 bridgehead atoms. The van der Waals surface area contributed by atoms with Gasteiger partial charge in [-0.1, -0.05) is 149 Å². The lowest BCUT2D eigenvalue weighted by Gasteiger charge is -2.17. The van der Waals surface area contributed by atoms with Crippen LogP contribution in [0.25, 0.3) is 0 Å². The largest absolute Gasteiger partial charge is 0.456 e. The molecule has 0 spiro atoms. The van der Waals surface area contributed by atoms with Crippen LogP contribution < -0.4 is 5.73 Å². The topological polar surface area (TPSA) is 87.8 Å². The van der Waals surface area contributed by atoms with E-state index in [4.69, 9.17) is 19.9 Å². The summed E-state index contributed by atoms with van der Waals surface area (Å²) in [6.45, 7) is 5.31. The zero-order chi connectivity index (χ0) is 27.9. The number of ether oxygens (including phenoxy) is 3. The van der Waals surface area contributed by atoms with Crippen molar-refractivity contribution in [2.45, 2.75) is 174 Å². The van der Waals surface area contributed by atoms with E-state index in [0.717, 1.165) is 25.7 Å². The minimum Gasteiger partial charge on any atom is -0.456 e. The van der Waals surface area contributed by atoms with Crippen molar-refractivity contribution in [1.82, 2.24) is 0 Å². The molecule has 6 heteroatoms. The first-order chi connectivity index (χ1) is 18.6. The monoisotopic (exact) mass is 541 g/mol. The van der Waals surface area contributed by atoms with Crippen molar-refractivity contribution >= 4 is 12.1 Å². The van der Waals surface area contributed by atoms with Gasteiger partial charge >= 0.3 is 12.1 Å². The average Bonchev–Trinajstić information content (AvgIpc) is 2.90. The normalized spacial score (nSPS) is 11.9. The zero-order valence-electron chi connectivity index (χ0n) is 25.3. The molecule has 0 rings (SSSR count). The molecular weight excluding hydrogens is 478 g/mol. The lowest BCUT2D eigenvalue weighted by Crippen LogP contribution is -2.31. The number of carbonyl (C=O) groups excluding carboxylic acids is 2. The summed E-state index contributed by atoms with van der Waals surface area (Å²) >= 11 is 0. The van der Waals surface area contributed by atoms with Gasteiger partial charge in [0.05, 0.1) is 6.61 Å². The van der Waals surface area contributed by atoms with E-state index in [1.54, 1.807) is 0 Å². The van der Waals surface area contributed by atoms with E-state index in [9.17, 15) is 9.59 Å². The second kappa shape index (κ2) is 30.2. The van der Waals surface area contributed by atoms with Gasteiger partial charge in [-0.15, -0.1) is 0 Å². The first-order valence-electron chi connectivity index (χ1n) is 16.3. The number of primary amides is 1. The van der Waals surface area contributed by atoms with Gasteiger partial charge in [-0.05, 0) is 12.8 Å². The second-order valence-corrected chi connectivity index (χ2v) is 11.0. The molecule has 0 aliphatic rings. The van der Waals surface area contributed by atoms with Gasteiger partial charge in [0, 0.05) is 13.0 Å². The van der Waals surface area contributed by atoms with E-state index >= 15 is 0 Å². The molecule has 38 heavy (non-hydrogen) atoms. The molecule has 0 saturated carbocycles. The molecular formula is C32H63NO5. The number of carbonyl (C=O) groups is 2. The Kier molecular flexibility index (Phi) is 29.2. The molecule has 0 aliphatic carbocycles. The highest BCUT2D eigenvalue weighted by atomic mass is 16.6. The van der Waals surface area contributed by atoms with Gasteiger partial charge in [0.15, 0.2) is 6.10 Å². The molecule has 1 amide bonds. The third-order valence-corrected chi connectivity index (χ3v) is 7.14. The van der Waals surface area contributed by atoms with E-state index in [2.05, 4.69) is 13.8 Å². The molecule has 0 aromatic carbocycles. The SMILES string of the molecule is CCCCCCCCCCCCCCOCC(COC(N)=O)OC(=O)CCCCCCCCCCCCC. The van der Waals surface area contributed by atoms with Gasteiger partial charge in [0.2, 0.25) is 0 Å². The van der Waals surface area contributed by atoms with Crippen molar-refractivity contribution in [1.29, 1.82) is 0 Å². The van der Waals surface area contributed by atoms with Crippen LogP contribution in [0, 0.1) is 0 Å². The maximum atomic E-state index is 12.3. The number of esters is 1. The fourth-order valence-corrected chi connectivity index (χ4v) is 4.73. The predicted molar refractivity (Wildman–Crippen MR) is 158 cm³/mol. The fourth-order valence-electron chi connectivity index (χ4n) is 4.73. The summed E-state index contributed by atoms with van der Waals surface area (Å²) in [6, 6.07) is 0. The molecule has 0 fully saturated rings. The molecule has 0 heterocycles. The Hall–Kier alpha value is -1.30. The Bertz CT molecular complexity index is 514. The van der Waals surface area contributed by atoms with Crippen molar-refractivity contribution in [2.75, 3.05) is 19.8 Å². The maximum Gasteiger partial charge on any atom is 0.404 e. The van der Waals surface area contributed by atoms with Crippen LogP contribution in [0.4, 0.5) is 4.79 Å². The quantitative estimate of drug-likeness (QED) is 0.0722. The van der Waals surface area contributed by atoms with Gasteiger partial charge in [-0.2, -0.15) is 0 Å². The standard InChI is InChI=1S/C32H63NO5/c1-3-5-7-9-11-13-15-17-19-21-23-25-27-36-28-30(29-37-32(33)35)38-31(34)26-24-22-20-18-16-14-12-10-8-6-4-2/h30H,3-29H2,1-2H3,(H2,33,35). The van der Waals surface area contributed by atoms with Gasteiger partial charge < -0.3 is 19.9 Å². The van der Waals surface area contributed by atoms with Crippen LogP contribution >= 0.6 is 0 Å². The minimum atomic E-state index is -0.864. The fraction of sp³-hybridized carbons (Fsp3) is 0.938. The van der Waals surface area contributed by atoms with E-state index in [0.29, 0.717) is 13.0 Å². The molecule has 1 atom stereocenters. The number of hydrogen-bond donors (Lipinski definition) is 1. The Labute approximate surface area is 235 Å². The van der Waals surface area contributed by atoms with E-state index in [1.165, 1.54) is 122 Å². The summed E-state index contributed by atoms with van der Waals surface area (Å²) in [5, 5.41) is 0. The van der Waals surface area contributed by atoms with Crippen LogP contribution in [0.5, 0.6) is 0 Å². The summed E-state index contributed by atoms with van der Waals surface area (Å²) in [6.07, 6.45) is 28.2. The number of rotatable bonds is 30. The van der Waals surface area contributed by atoms with Crippen molar-refractivity contribution in [3.05, 3.63) is 0 Å². The number of unbranched alkanes of at least 4 members (excludes halogenated alkanes) is 21. The van der Waals surface area contributed by atoms with Crippen molar-refractivity contribution in [2.24, 2.45) is 5.73 Å². The summed E-state index contributed by atoms with van der Waals surface area (Å²) in [4.78, 5) is 23.3. The van der Waals surface area contributed by atoms with Gasteiger partial charge in [-0.3, -0.25) is 4.79 Å². The Balaban J connectivity index is 3.74. The average molecular weight is 542 g/mol. The van der Waals surface area contributed by atoms with Crippen molar-refractivity contribution in [3.8, 4) is 0 Å². The molecule has 2 N–H and O–H groups in total. The maximum absolute atomic E-state index is 12.3. The van der Waals surface area contributed by atoms with Gasteiger partial charge in [0.25, 0.3) is 0 Å². The van der Waals surface area contributed by atoms with Crippen LogP contribution in [-0.4, -0.2) is 38.0 Å². The van der Waals surface area contributed by atoms with Gasteiger partial charge in [0.1, 0.15) is 6.61 Å². The molecule has 0 aromatic rings. The van der Waals surface area contributed by atoms with Crippen LogP contribution in [-0.2, 0) is 19.0 Å². The molecule has 0 aliphatic heterocycles. The Morgan fingerprint density at radius 3 is 1.37 bits per heavy atom. The first kappa shape index (κ1) is 36.7. The first-order valence-corrected chi connectivity index (χ1v) is 16.3. The third kappa shape index (κ3) is 29.3. The Morgan fingerprint density at radius 1 is 0.553 bits per heavy atom. The van der Waals surface area contributed by atoms with E-state index in [1.807, 2.05) is 0 Å². The Morgan fingerprint density at radius 2 is 0.947 bits per heavy atom. The van der Waals surface area contributed by atoms with Crippen LogP contribution in [0.3, 0.4) is 0 Å². The molecule has 6 nitrogen and oxygen atoms in total. The van der Waals surface area contributed by atoms with Crippen LogP contribution in [0.2, 0.25) is 0 Å². The molecule has 1 unspecified atom stereocenters. The highest BCUT2D eigenvalue weighted by Gasteiger charge is 2.16. The summed E-state index contributed by atoms with van der Waals surface area (Å²) in [7, 11) is 0.